The zero-order valence-electron chi connectivity index (χ0n) is 14.2. The minimum atomic E-state index is -0.187. The van der Waals surface area contributed by atoms with Gasteiger partial charge < -0.3 is 9.72 Å². The predicted molar refractivity (Wildman–Crippen MR) is 92.2 cm³/mol. The average Bonchev–Trinajstić information content (AvgIpc) is 3.08. The highest BCUT2D eigenvalue weighted by atomic mass is 16.5. The van der Waals surface area contributed by atoms with Crippen LogP contribution in [0.5, 0.6) is 0 Å². The van der Waals surface area contributed by atoms with Crippen molar-refractivity contribution in [3.63, 3.8) is 0 Å². The second kappa shape index (κ2) is 6.38. The van der Waals surface area contributed by atoms with Crippen molar-refractivity contribution in [1.82, 2.24) is 30.0 Å². The van der Waals surface area contributed by atoms with Gasteiger partial charge in [-0.15, -0.1) is 0 Å². The topological polar surface area (TPSA) is 99.8 Å². The molecule has 1 aliphatic heterocycles. The Labute approximate surface area is 144 Å². The fraction of sp³-hybridized carbons (Fsp3) is 0.412. The molecular formula is C17H20N6O2. The van der Waals surface area contributed by atoms with Gasteiger partial charge in [0.1, 0.15) is 17.8 Å². The SMILES string of the molecule is Cc1nc(C2CN(C(C)c3nc4ccccc4c(=O)[nH]3)CCO2)n[nH]1. The lowest BCUT2D eigenvalue weighted by molar-refractivity contribution is -0.0480. The van der Waals surface area contributed by atoms with Crippen LogP contribution in [-0.2, 0) is 4.74 Å². The number of rotatable bonds is 3. The Hall–Kier alpha value is -2.58. The maximum absolute atomic E-state index is 12.3. The molecule has 8 heteroatoms. The monoisotopic (exact) mass is 340 g/mol. The summed E-state index contributed by atoms with van der Waals surface area (Å²) in [5.74, 6) is 2.09. The summed E-state index contributed by atoms with van der Waals surface area (Å²) in [5.41, 5.74) is 0.601. The Kier molecular flexibility index (Phi) is 4.06. The van der Waals surface area contributed by atoms with E-state index in [0.29, 0.717) is 35.7 Å². The van der Waals surface area contributed by atoms with Crippen LogP contribution in [0.4, 0.5) is 0 Å². The highest BCUT2D eigenvalue weighted by molar-refractivity contribution is 5.77. The molecule has 8 nitrogen and oxygen atoms in total. The molecule has 2 aromatic heterocycles. The van der Waals surface area contributed by atoms with Gasteiger partial charge >= 0.3 is 0 Å². The average molecular weight is 340 g/mol. The molecule has 2 N–H and O–H groups in total. The first kappa shape index (κ1) is 15.9. The van der Waals surface area contributed by atoms with Crippen LogP contribution in [0.2, 0.25) is 0 Å². The van der Waals surface area contributed by atoms with E-state index in [1.165, 1.54) is 0 Å². The van der Waals surface area contributed by atoms with Gasteiger partial charge in [0.2, 0.25) is 0 Å². The smallest absolute Gasteiger partial charge is 0.258 e. The Morgan fingerprint density at radius 2 is 2.16 bits per heavy atom. The van der Waals surface area contributed by atoms with Crippen molar-refractivity contribution in [3.05, 3.63) is 52.1 Å². The third-order valence-electron chi connectivity index (χ3n) is 4.57. The van der Waals surface area contributed by atoms with Crippen LogP contribution in [0.25, 0.3) is 10.9 Å². The Bertz CT molecular complexity index is 949. The summed E-state index contributed by atoms with van der Waals surface area (Å²) in [4.78, 5) is 26.5. The maximum Gasteiger partial charge on any atom is 0.258 e. The van der Waals surface area contributed by atoms with Crippen LogP contribution >= 0.6 is 0 Å². The number of aryl methyl sites for hydroxylation is 1. The van der Waals surface area contributed by atoms with Gasteiger partial charge in [-0.05, 0) is 26.0 Å². The molecule has 3 aromatic rings. The quantitative estimate of drug-likeness (QED) is 0.749. The fourth-order valence-electron chi connectivity index (χ4n) is 3.16. The molecule has 0 aliphatic carbocycles. The molecule has 1 aliphatic rings. The van der Waals surface area contributed by atoms with Crippen LogP contribution in [0.1, 0.15) is 36.5 Å². The Balaban J connectivity index is 1.60. The number of para-hydroxylation sites is 1. The van der Waals surface area contributed by atoms with E-state index < -0.39 is 0 Å². The largest absolute Gasteiger partial charge is 0.367 e. The van der Waals surface area contributed by atoms with Crippen molar-refractivity contribution >= 4 is 10.9 Å². The molecule has 1 aromatic carbocycles. The van der Waals surface area contributed by atoms with Crippen LogP contribution in [0.15, 0.2) is 29.1 Å². The molecule has 0 bridgehead atoms. The minimum absolute atomic E-state index is 0.0382. The zero-order valence-corrected chi connectivity index (χ0v) is 14.2. The number of hydrogen-bond acceptors (Lipinski definition) is 6. The Morgan fingerprint density at radius 1 is 1.32 bits per heavy atom. The van der Waals surface area contributed by atoms with Crippen molar-refractivity contribution in [2.24, 2.45) is 0 Å². The van der Waals surface area contributed by atoms with Gasteiger partial charge in [0.25, 0.3) is 5.56 Å². The molecule has 0 spiro atoms. The molecule has 25 heavy (non-hydrogen) atoms. The van der Waals surface area contributed by atoms with E-state index in [4.69, 9.17) is 4.74 Å². The number of aromatic amines is 2. The number of benzene rings is 1. The molecule has 1 fully saturated rings. The molecule has 2 unspecified atom stereocenters. The standard InChI is InChI=1S/C17H20N6O2/c1-10(15-19-13-6-4-3-5-12(13)17(24)20-15)23-7-8-25-14(9-23)16-18-11(2)21-22-16/h3-6,10,14H,7-9H2,1-2H3,(H,18,21,22)(H,19,20,24). The maximum atomic E-state index is 12.3. The molecule has 2 atom stereocenters. The summed E-state index contributed by atoms with van der Waals surface area (Å²) in [5, 5.41) is 7.66. The summed E-state index contributed by atoms with van der Waals surface area (Å²) >= 11 is 0. The van der Waals surface area contributed by atoms with E-state index >= 15 is 0 Å². The summed E-state index contributed by atoms with van der Waals surface area (Å²) in [7, 11) is 0. The van der Waals surface area contributed by atoms with Gasteiger partial charge in [0, 0.05) is 13.1 Å². The molecule has 3 heterocycles. The van der Waals surface area contributed by atoms with E-state index in [-0.39, 0.29) is 17.7 Å². The van der Waals surface area contributed by atoms with Gasteiger partial charge in [-0.2, -0.15) is 5.10 Å². The van der Waals surface area contributed by atoms with E-state index in [0.717, 1.165) is 12.4 Å². The number of ether oxygens (including phenoxy) is 1. The van der Waals surface area contributed by atoms with E-state index in [2.05, 4.69) is 30.0 Å². The van der Waals surface area contributed by atoms with Crippen molar-refractivity contribution < 1.29 is 4.74 Å². The van der Waals surface area contributed by atoms with Crippen molar-refractivity contribution in [2.45, 2.75) is 26.0 Å². The first-order valence-corrected chi connectivity index (χ1v) is 8.35. The normalized spacial score (nSPS) is 20.0. The lowest BCUT2D eigenvalue weighted by Gasteiger charge is -2.35. The van der Waals surface area contributed by atoms with Crippen LogP contribution in [0.3, 0.4) is 0 Å². The van der Waals surface area contributed by atoms with Gasteiger partial charge in [0.15, 0.2) is 5.82 Å². The number of H-pyrrole nitrogens is 2. The molecule has 0 amide bonds. The van der Waals surface area contributed by atoms with Crippen LogP contribution in [-0.4, -0.2) is 49.7 Å². The van der Waals surface area contributed by atoms with E-state index in [9.17, 15) is 4.79 Å². The zero-order chi connectivity index (χ0) is 17.4. The number of aromatic nitrogens is 5. The molecule has 0 radical (unpaired) electrons. The summed E-state index contributed by atoms with van der Waals surface area (Å²) in [6.07, 6.45) is -0.187. The lowest BCUT2D eigenvalue weighted by Crippen LogP contribution is -2.41. The van der Waals surface area contributed by atoms with E-state index in [1.807, 2.05) is 32.0 Å². The molecular weight excluding hydrogens is 320 g/mol. The van der Waals surface area contributed by atoms with Gasteiger partial charge in [-0.25, -0.2) is 9.97 Å². The van der Waals surface area contributed by atoms with Gasteiger partial charge in [-0.1, -0.05) is 12.1 Å². The molecule has 1 saturated heterocycles. The second-order valence-electron chi connectivity index (χ2n) is 6.28. The fourth-order valence-corrected chi connectivity index (χ4v) is 3.16. The second-order valence-corrected chi connectivity index (χ2v) is 6.28. The first-order chi connectivity index (χ1) is 12.1. The van der Waals surface area contributed by atoms with Crippen molar-refractivity contribution in [3.8, 4) is 0 Å². The molecule has 0 saturated carbocycles. The third-order valence-corrected chi connectivity index (χ3v) is 4.57. The highest BCUT2D eigenvalue weighted by Gasteiger charge is 2.29. The minimum Gasteiger partial charge on any atom is -0.367 e. The first-order valence-electron chi connectivity index (χ1n) is 8.35. The van der Waals surface area contributed by atoms with Crippen LogP contribution < -0.4 is 5.56 Å². The van der Waals surface area contributed by atoms with Gasteiger partial charge in [-0.3, -0.25) is 14.8 Å². The number of nitrogens with one attached hydrogen (secondary N) is 2. The number of hydrogen-bond donors (Lipinski definition) is 2. The molecule has 130 valence electrons. The Morgan fingerprint density at radius 3 is 2.96 bits per heavy atom. The van der Waals surface area contributed by atoms with Crippen molar-refractivity contribution in [2.75, 3.05) is 19.7 Å². The van der Waals surface area contributed by atoms with E-state index in [1.54, 1.807) is 6.07 Å². The summed E-state index contributed by atoms with van der Waals surface area (Å²) in [6, 6.07) is 7.34. The van der Waals surface area contributed by atoms with Crippen LogP contribution in [0, 0.1) is 6.92 Å². The summed E-state index contributed by atoms with van der Waals surface area (Å²) in [6.45, 7) is 5.90. The lowest BCUT2D eigenvalue weighted by atomic mass is 10.1. The molecule has 4 rings (SSSR count). The number of fused-ring (bicyclic) bond motifs is 1. The number of nitrogens with zero attached hydrogens (tertiary/aromatic N) is 4. The third kappa shape index (κ3) is 3.06. The summed E-state index contributed by atoms with van der Waals surface area (Å²) < 4.78 is 5.81. The number of morpholine rings is 1. The van der Waals surface area contributed by atoms with Crippen molar-refractivity contribution in [1.29, 1.82) is 0 Å². The van der Waals surface area contributed by atoms with Gasteiger partial charge in [0.05, 0.1) is 23.6 Å². The predicted octanol–water partition coefficient (Wildman–Crippen LogP) is 1.48. The highest BCUT2D eigenvalue weighted by Crippen LogP contribution is 2.25.